The van der Waals surface area contributed by atoms with E-state index < -0.39 is 0 Å². The van der Waals surface area contributed by atoms with Crippen LogP contribution in [0.1, 0.15) is 27.3 Å². The molecule has 0 fully saturated rings. The second-order valence-corrected chi connectivity index (χ2v) is 8.17. The van der Waals surface area contributed by atoms with Crippen molar-refractivity contribution in [3.05, 3.63) is 83.4 Å². The van der Waals surface area contributed by atoms with E-state index in [1.54, 1.807) is 36.3 Å². The number of rotatable bonds is 7. The molecule has 9 heteroatoms. The van der Waals surface area contributed by atoms with Crippen molar-refractivity contribution in [2.24, 2.45) is 0 Å². The van der Waals surface area contributed by atoms with Crippen molar-refractivity contribution in [3.8, 4) is 16.9 Å². The van der Waals surface area contributed by atoms with Crippen LogP contribution in [0.25, 0.3) is 22.8 Å². The lowest BCUT2D eigenvalue weighted by atomic mass is 9.94. The van der Waals surface area contributed by atoms with Crippen LogP contribution in [0.15, 0.2) is 60.9 Å². The fourth-order valence-electron chi connectivity index (χ4n) is 4.19. The molecule has 0 saturated carbocycles. The zero-order valence-corrected chi connectivity index (χ0v) is 19.3. The van der Waals surface area contributed by atoms with E-state index in [1.807, 2.05) is 49.4 Å². The molecule has 2 aromatic heterocycles. The summed E-state index contributed by atoms with van der Waals surface area (Å²) in [5, 5.41) is 13.5. The topological polar surface area (TPSA) is 114 Å². The zero-order chi connectivity index (χ0) is 24.4. The Morgan fingerprint density at radius 1 is 1.20 bits per heavy atom. The molecule has 1 aliphatic heterocycles. The van der Waals surface area contributed by atoms with Gasteiger partial charge in [0.2, 0.25) is 0 Å². The van der Waals surface area contributed by atoms with Crippen LogP contribution >= 0.6 is 0 Å². The minimum atomic E-state index is -0.233. The minimum Gasteiger partial charge on any atom is -0.497 e. The third-order valence-corrected chi connectivity index (χ3v) is 5.84. The molecule has 1 aliphatic rings. The summed E-state index contributed by atoms with van der Waals surface area (Å²) >= 11 is 0. The van der Waals surface area contributed by atoms with Crippen molar-refractivity contribution in [1.29, 1.82) is 0 Å². The standard InChI is InChI=1S/C26H24N6O3/c1-16-14-20(25(33)27-10-12-32-13-11-28-31-32)23(29-16)15-21-24-19(4-3-5-22(24)30-26(21)34)17-6-8-18(35-2)9-7-17/h3-9,11,13-15,29H,10,12H2,1-2H3,(H,27,33)(H,30,34)/b21-15-. The number of H-pyrrole nitrogens is 1. The molecule has 9 nitrogen and oxygen atoms in total. The molecule has 2 amide bonds. The Morgan fingerprint density at radius 2 is 2.03 bits per heavy atom. The number of anilines is 1. The van der Waals surface area contributed by atoms with Gasteiger partial charge in [0.15, 0.2) is 0 Å². The van der Waals surface area contributed by atoms with E-state index in [4.69, 9.17) is 4.74 Å². The average Bonchev–Trinajstić information content (AvgIpc) is 3.59. The number of fused-ring (bicyclic) bond motifs is 1. The van der Waals surface area contributed by atoms with Crippen LogP contribution in [-0.4, -0.2) is 45.4 Å². The van der Waals surface area contributed by atoms with E-state index in [0.29, 0.717) is 29.9 Å². The van der Waals surface area contributed by atoms with E-state index in [1.165, 1.54) is 0 Å². The number of hydrogen-bond donors (Lipinski definition) is 3. The van der Waals surface area contributed by atoms with Gasteiger partial charge in [0.1, 0.15) is 5.75 Å². The molecule has 4 aromatic rings. The molecule has 3 heterocycles. The summed E-state index contributed by atoms with van der Waals surface area (Å²) in [6, 6.07) is 15.2. The van der Waals surface area contributed by atoms with Crippen molar-refractivity contribution in [3.63, 3.8) is 0 Å². The fourth-order valence-corrected chi connectivity index (χ4v) is 4.19. The van der Waals surface area contributed by atoms with Gasteiger partial charge in [-0.05, 0) is 48.4 Å². The molecule has 176 valence electrons. The number of benzene rings is 2. The molecular formula is C26H24N6O3. The van der Waals surface area contributed by atoms with E-state index in [2.05, 4.69) is 25.9 Å². The van der Waals surface area contributed by atoms with Crippen molar-refractivity contribution in [2.45, 2.75) is 13.5 Å². The smallest absolute Gasteiger partial charge is 0.256 e. The molecule has 0 aliphatic carbocycles. The van der Waals surface area contributed by atoms with Gasteiger partial charge in [0.05, 0.1) is 36.7 Å². The van der Waals surface area contributed by atoms with Gasteiger partial charge in [-0.2, -0.15) is 0 Å². The van der Waals surface area contributed by atoms with Crippen LogP contribution in [0.2, 0.25) is 0 Å². The summed E-state index contributed by atoms with van der Waals surface area (Å²) in [6.07, 6.45) is 5.07. The number of aromatic amines is 1. The molecule has 2 aromatic carbocycles. The Labute approximate surface area is 201 Å². The highest BCUT2D eigenvalue weighted by Gasteiger charge is 2.28. The van der Waals surface area contributed by atoms with Gasteiger partial charge >= 0.3 is 0 Å². The van der Waals surface area contributed by atoms with Crippen molar-refractivity contribution < 1.29 is 14.3 Å². The molecule has 5 rings (SSSR count). The molecule has 0 saturated heterocycles. The number of amides is 2. The quantitative estimate of drug-likeness (QED) is 0.359. The maximum absolute atomic E-state index is 13.0. The maximum Gasteiger partial charge on any atom is 0.256 e. The first-order valence-electron chi connectivity index (χ1n) is 11.2. The SMILES string of the molecule is COc1ccc(-c2cccc3c2/C(=C/c2[nH]c(C)cc2C(=O)NCCn2ccnn2)C(=O)N3)cc1. The van der Waals surface area contributed by atoms with Gasteiger partial charge in [-0.3, -0.25) is 14.3 Å². The summed E-state index contributed by atoms with van der Waals surface area (Å²) in [5.41, 5.74) is 5.75. The number of aromatic nitrogens is 4. The predicted molar refractivity (Wildman–Crippen MR) is 133 cm³/mol. The monoisotopic (exact) mass is 468 g/mol. The first-order chi connectivity index (χ1) is 17.0. The van der Waals surface area contributed by atoms with Gasteiger partial charge in [-0.15, -0.1) is 5.10 Å². The summed E-state index contributed by atoms with van der Waals surface area (Å²) in [7, 11) is 1.62. The average molecular weight is 469 g/mol. The lowest BCUT2D eigenvalue weighted by molar-refractivity contribution is -0.110. The molecule has 35 heavy (non-hydrogen) atoms. The second-order valence-electron chi connectivity index (χ2n) is 8.17. The number of carbonyl (C=O) groups is 2. The molecule has 0 unspecified atom stereocenters. The Hall–Kier alpha value is -4.66. The second kappa shape index (κ2) is 9.30. The highest BCUT2D eigenvalue weighted by molar-refractivity contribution is 6.36. The van der Waals surface area contributed by atoms with E-state index in [0.717, 1.165) is 33.8 Å². The van der Waals surface area contributed by atoms with E-state index in [-0.39, 0.29) is 11.8 Å². The molecule has 3 N–H and O–H groups in total. The molecule has 0 bridgehead atoms. The van der Waals surface area contributed by atoms with Crippen LogP contribution in [-0.2, 0) is 11.3 Å². The van der Waals surface area contributed by atoms with Gasteiger partial charge < -0.3 is 20.4 Å². The van der Waals surface area contributed by atoms with Crippen molar-refractivity contribution in [1.82, 2.24) is 25.3 Å². The zero-order valence-electron chi connectivity index (χ0n) is 19.3. The van der Waals surface area contributed by atoms with E-state index >= 15 is 0 Å². The number of methoxy groups -OCH3 is 1. The third-order valence-electron chi connectivity index (χ3n) is 5.84. The Morgan fingerprint density at radius 3 is 2.77 bits per heavy atom. The van der Waals surface area contributed by atoms with Gasteiger partial charge in [-0.25, -0.2) is 0 Å². The first kappa shape index (κ1) is 22.1. The summed E-state index contributed by atoms with van der Waals surface area (Å²) < 4.78 is 6.92. The first-order valence-corrected chi connectivity index (χ1v) is 11.2. The normalized spacial score (nSPS) is 13.5. The highest BCUT2D eigenvalue weighted by Crippen LogP contribution is 2.40. The van der Waals surface area contributed by atoms with Crippen LogP contribution in [0.4, 0.5) is 5.69 Å². The van der Waals surface area contributed by atoms with Crippen LogP contribution in [0.5, 0.6) is 5.75 Å². The summed E-state index contributed by atoms with van der Waals surface area (Å²) in [4.78, 5) is 29.1. The van der Waals surface area contributed by atoms with Crippen LogP contribution < -0.4 is 15.4 Å². The molecular weight excluding hydrogens is 444 g/mol. The number of nitrogens with one attached hydrogen (secondary N) is 3. The van der Waals surface area contributed by atoms with Gasteiger partial charge in [0, 0.05) is 29.7 Å². The summed E-state index contributed by atoms with van der Waals surface area (Å²) in [5.74, 6) is 0.307. The fraction of sp³-hybridized carbons (Fsp3) is 0.154. The molecule has 0 atom stereocenters. The van der Waals surface area contributed by atoms with Crippen molar-refractivity contribution >= 4 is 29.2 Å². The van der Waals surface area contributed by atoms with Gasteiger partial charge in [0.25, 0.3) is 11.8 Å². The lowest BCUT2D eigenvalue weighted by Crippen LogP contribution is -2.27. The number of nitrogens with zero attached hydrogens (tertiary/aromatic N) is 3. The van der Waals surface area contributed by atoms with E-state index in [9.17, 15) is 9.59 Å². The highest BCUT2D eigenvalue weighted by atomic mass is 16.5. The number of hydrogen-bond acceptors (Lipinski definition) is 5. The largest absolute Gasteiger partial charge is 0.497 e. The third kappa shape index (κ3) is 4.43. The van der Waals surface area contributed by atoms with Crippen LogP contribution in [0, 0.1) is 6.92 Å². The Kier molecular flexibility index (Phi) is 5.88. The van der Waals surface area contributed by atoms with Crippen molar-refractivity contribution in [2.75, 3.05) is 19.0 Å². The Balaban J connectivity index is 1.47. The molecule has 0 radical (unpaired) electrons. The van der Waals surface area contributed by atoms with Gasteiger partial charge in [-0.1, -0.05) is 29.5 Å². The Bertz CT molecular complexity index is 1420. The molecule has 0 spiro atoms. The number of aryl methyl sites for hydroxylation is 1. The lowest BCUT2D eigenvalue weighted by Gasteiger charge is -2.10. The number of ether oxygens (including phenoxy) is 1. The van der Waals surface area contributed by atoms with Crippen LogP contribution in [0.3, 0.4) is 0 Å². The number of carbonyl (C=O) groups excluding carboxylic acids is 2. The maximum atomic E-state index is 13.0. The predicted octanol–water partition coefficient (Wildman–Crippen LogP) is 3.51. The summed E-state index contributed by atoms with van der Waals surface area (Å²) in [6.45, 7) is 2.78. The minimum absolute atomic E-state index is 0.217.